The van der Waals surface area contributed by atoms with Gasteiger partial charge in [0.2, 0.25) is 0 Å². The second kappa shape index (κ2) is 6.57. The van der Waals surface area contributed by atoms with Gasteiger partial charge in [0.1, 0.15) is 6.61 Å². The molecule has 1 heterocycles. The van der Waals surface area contributed by atoms with Crippen LogP contribution in [-0.4, -0.2) is 23.1 Å². The number of nitrogens with zero attached hydrogens (tertiary/aromatic N) is 1. The molecule has 1 aromatic heterocycles. The molecular formula is C17H27NO2. The SMILES string of the molecule is CCC1CCCCC1OCC(=O)c1cc(C)n(C)c1C. The van der Waals surface area contributed by atoms with Gasteiger partial charge in [-0.15, -0.1) is 0 Å². The quantitative estimate of drug-likeness (QED) is 0.766. The third-order valence-electron chi connectivity index (χ3n) is 4.87. The number of hydrogen-bond acceptors (Lipinski definition) is 2. The largest absolute Gasteiger partial charge is 0.370 e. The molecule has 112 valence electrons. The summed E-state index contributed by atoms with van der Waals surface area (Å²) in [5.74, 6) is 0.752. The molecule has 0 N–H and O–H groups in total. The summed E-state index contributed by atoms with van der Waals surface area (Å²) in [4.78, 5) is 12.3. The smallest absolute Gasteiger partial charge is 0.190 e. The molecule has 0 spiro atoms. The Balaban J connectivity index is 1.96. The molecule has 20 heavy (non-hydrogen) atoms. The van der Waals surface area contributed by atoms with Gasteiger partial charge < -0.3 is 9.30 Å². The number of carbonyl (C=O) groups excluding carboxylic acids is 1. The molecule has 2 atom stereocenters. The Labute approximate surface area is 122 Å². The Kier molecular flexibility index (Phi) is 5.03. The van der Waals surface area contributed by atoms with Crippen LogP contribution in [0.4, 0.5) is 0 Å². The number of hydrogen-bond donors (Lipinski definition) is 0. The monoisotopic (exact) mass is 277 g/mol. The third-order valence-corrected chi connectivity index (χ3v) is 4.87. The van der Waals surface area contributed by atoms with E-state index in [4.69, 9.17) is 4.74 Å². The molecule has 2 rings (SSSR count). The molecular weight excluding hydrogens is 250 g/mol. The van der Waals surface area contributed by atoms with E-state index in [9.17, 15) is 4.79 Å². The van der Waals surface area contributed by atoms with Gasteiger partial charge in [-0.3, -0.25) is 4.79 Å². The van der Waals surface area contributed by atoms with Gasteiger partial charge in [-0.1, -0.05) is 26.2 Å². The lowest BCUT2D eigenvalue weighted by molar-refractivity contribution is -0.00572. The van der Waals surface area contributed by atoms with E-state index in [0.717, 1.165) is 29.8 Å². The van der Waals surface area contributed by atoms with E-state index in [0.29, 0.717) is 5.92 Å². The Morgan fingerprint density at radius 1 is 1.35 bits per heavy atom. The molecule has 1 aromatic rings. The van der Waals surface area contributed by atoms with Crippen molar-refractivity contribution < 1.29 is 9.53 Å². The zero-order chi connectivity index (χ0) is 14.7. The van der Waals surface area contributed by atoms with E-state index in [1.807, 2.05) is 27.0 Å². The molecule has 0 bridgehead atoms. The summed E-state index contributed by atoms with van der Waals surface area (Å²) >= 11 is 0. The normalized spacial score (nSPS) is 23.0. The van der Waals surface area contributed by atoms with Crippen molar-refractivity contribution in [2.75, 3.05) is 6.61 Å². The number of aryl methyl sites for hydroxylation is 1. The topological polar surface area (TPSA) is 31.2 Å². The fourth-order valence-electron chi connectivity index (χ4n) is 3.26. The molecule has 1 fully saturated rings. The first kappa shape index (κ1) is 15.3. The van der Waals surface area contributed by atoms with Gasteiger partial charge in [-0.25, -0.2) is 0 Å². The lowest BCUT2D eigenvalue weighted by Crippen LogP contribution is -2.29. The lowest BCUT2D eigenvalue weighted by atomic mass is 9.85. The summed E-state index contributed by atoms with van der Waals surface area (Å²) in [6, 6.07) is 1.97. The number of rotatable bonds is 5. The number of aromatic nitrogens is 1. The van der Waals surface area contributed by atoms with Crippen LogP contribution in [-0.2, 0) is 11.8 Å². The van der Waals surface area contributed by atoms with E-state index in [1.54, 1.807) is 0 Å². The van der Waals surface area contributed by atoms with Crippen LogP contribution in [0.2, 0.25) is 0 Å². The summed E-state index contributed by atoms with van der Waals surface area (Å²) in [7, 11) is 2.00. The molecule has 1 saturated carbocycles. The van der Waals surface area contributed by atoms with Crippen molar-refractivity contribution in [1.29, 1.82) is 0 Å². The summed E-state index contributed by atoms with van der Waals surface area (Å²) in [5, 5.41) is 0. The second-order valence-electron chi connectivity index (χ2n) is 6.07. The molecule has 0 aliphatic heterocycles. The van der Waals surface area contributed by atoms with Crippen molar-refractivity contribution in [1.82, 2.24) is 4.57 Å². The molecule has 0 amide bonds. The minimum atomic E-state index is 0.117. The summed E-state index contributed by atoms with van der Waals surface area (Å²) in [6.07, 6.45) is 6.34. The minimum Gasteiger partial charge on any atom is -0.370 e. The van der Waals surface area contributed by atoms with Crippen LogP contribution in [0, 0.1) is 19.8 Å². The highest BCUT2D eigenvalue weighted by molar-refractivity contribution is 5.98. The number of ketones is 1. The molecule has 1 aliphatic carbocycles. The maximum Gasteiger partial charge on any atom is 0.190 e. The lowest BCUT2D eigenvalue weighted by Gasteiger charge is -2.30. The van der Waals surface area contributed by atoms with Gasteiger partial charge in [0.25, 0.3) is 0 Å². The number of Topliss-reactive ketones (excluding diaryl/α,β-unsaturated/α-hetero) is 1. The van der Waals surface area contributed by atoms with Crippen molar-refractivity contribution in [3.05, 3.63) is 23.0 Å². The summed E-state index contributed by atoms with van der Waals surface area (Å²) in [5.41, 5.74) is 2.97. The van der Waals surface area contributed by atoms with Gasteiger partial charge in [-0.2, -0.15) is 0 Å². The molecule has 0 aromatic carbocycles. The first-order chi connectivity index (χ1) is 9.54. The van der Waals surface area contributed by atoms with Gasteiger partial charge in [0, 0.05) is 24.0 Å². The average molecular weight is 277 g/mol. The van der Waals surface area contributed by atoms with Crippen molar-refractivity contribution in [3.8, 4) is 0 Å². The third kappa shape index (κ3) is 3.14. The average Bonchev–Trinajstić information content (AvgIpc) is 2.72. The Morgan fingerprint density at radius 3 is 2.65 bits per heavy atom. The van der Waals surface area contributed by atoms with Gasteiger partial charge >= 0.3 is 0 Å². The second-order valence-corrected chi connectivity index (χ2v) is 6.07. The zero-order valence-corrected chi connectivity index (χ0v) is 13.2. The van der Waals surface area contributed by atoms with E-state index < -0.39 is 0 Å². The predicted octanol–water partition coefficient (Wildman–Crippen LogP) is 3.81. The molecule has 0 saturated heterocycles. The highest BCUT2D eigenvalue weighted by Gasteiger charge is 2.25. The van der Waals surface area contributed by atoms with Gasteiger partial charge in [0.05, 0.1) is 6.10 Å². The van der Waals surface area contributed by atoms with Crippen LogP contribution in [0.5, 0.6) is 0 Å². The van der Waals surface area contributed by atoms with E-state index in [2.05, 4.69) is 11.5 Å². The molecule has 2 unspecified atom stereocenters. The Morgan fingerprint density at radius 2 is 2.05 bits per heavy atom. The van der Waals surface area contributed by atoms with Crippen LogP contribution in [0.3, 0.4) is 0 Å². The van der Waals surface area contributed by atoms with Crippen LogP contribution >= 0.6 is 0 Å². The molecule has 0 radical (unpaired) electrons. The summed E-state index contributed by atoms with van der Waals surface area (Å²) < 4.78 is 8.01. The highest BCUT2D eigenvalue weighted by atomic mass is 16.5. The van der Waals surface area contributed by atoms with Crippen molar-refractivity contribution in [3.63, 3.8) is 0 Å². The molecule has 3 heteroatoms. The predicted molar refractivity (Wildman–Crippen MR) is 81.2 cm³/mol. The summed E-state index contributed by atoms with van der Waals surface area (Å²) in [6.45, 7) is 6.47. The maximum absolute atomic E-state index is 12.3. The standard InChI is InChI=1S/C17H27NO2/c1-5-14-8-6-7-9-17(14)20-11-16(19)15-10-12(2)18(4)13(15)3/h10,14,17H,5-9,11H2,1-4H3. The first-order valence-corrected chi connectivity index (χ1v) is 7.82. The van der Waals surface area contributed by atoms with Gasteiger partial charge in [0.15, 0.2) is 5.78 Å². The van der Waals surface area contributed by atoms with Crippen LogP contribution < -0.4 is 0 Å². The van der Waals surface area contributed by atoms with Crippen LogP contribution in [0.25, 0.3) is 0 Å². The fraction of sp³-hybridized carbons (Fsp3) is 0.706. The zero-order valence-electron chi connectivity index (χ0n) is 13.2. The first-order valence-electron chi connectivity index (χ1n) is 7.82. The Bertz CT molecular complexity index is 476. The fourth-order valence-corrected chi connectivity index (χ4v) is 3.26. The minimum absolute atomic E-state index is 0.117. The van der Waals surface area contributed by atoms with Crippen molar-refractivity contribution >= 4 is 5.78 Å². The van der Waals surface area contributed by atoms with Gasteiger partial charge in [-0.05, 0) is 38.7 Å². The molecule has 1 aliphatic rings. The van der Waals surface area contributed by atoms with E-state index in [1.165, 1.54) is 19.3 Å². The highest BCUT2D eigenvalue weighted by Crippen LogP contribution is 2.29. The van der Waals surface area contributed by atoms with Crippen molar-refractivity contribution in [2.24, 2.45) is 13.0 Å². The van der Waals surface area contributed by atoms with E-state index >= 15 is 0 Å². The maximum atomic E-state index is 12.3. The number of carbonyl (C=O) groups is 1. The molecule has 3 nitrogen and oxygen atoms in total. The van der Waals surface area contributed by atoms with Crippen LogP contribution in [0.15, 0.2) is 6.07 Å². The van der Waals surface area contributed by atoms with Crippen LogP contribution in [0.1, 0.15) is 60.8 Å². The Hall–Kier alpha value is -1.09. The van der Waals surface area contributed by atoms with E-state index in [-0.39, 0.29) is 18.5 Å². The van der Waals surface area contributed by atoms with Crippen molar-refractivity contribution in [2.45, 2.75) is 59.0 Å². The number of ether oxygens (including phenoxy) is 1.